The average molecular weight is 429 g/mol. The van der Waals surface area contributed by atoms with Gasteiger partial charge >= 0.3 is 12.0 Å². The minimum absolute atomic E-state index is 0.129. The van der Waals surface area contributed by atoms with Gasteiger partial charge in [-0.1, -0.05) is 13.3 Å². The maximum absolute atomic E-state index is 11.6. The molecule has 1 fully saturated rings. The van der Waals surface area contributed by atoms with Crippen molar-refractivity contribution in [3.63, 3.8) is 0 Å². The molecule has 0 aromatic carbocycles. The average Bonchev–Trinajstić information content (AvgIpc) is 2.72. The van der Waals surface area contributed by atoms with Crippen molar-refractivity contribution < 1.29 is 19.0 Å². The van der Waals surface area contributed by atoms with Crippen LogP contribution in [0.2, 0.25) is 0 Å². The summed E-state index contributed by atoms with van der Waals surface area (Å²) in [6, 6.07) is 0.301. The minimum atomic E-state index is -0.282. The van der Waals surface area contributed by atoms with Crippen molar-refractivity contribution in [1.82, 2.24) is 14.9 Å². The quantitative estimate of drug-likeness (QED) is 0.184. The molecule has 0 bridgehead atoms. The Morgan fingerprint density at radius 3 is 2.97 bits per heavy atom. The van der Waals surface area contributed by atoms with Gasteiger partial charge in [0, 0.05) is 19.6 Å². The summed E-state index contributed by atoms with van der Waals surface area (Å²) >= 11 is 6.20. The van der Waals surface area contributed by atoms with Gasteiger partial charge in [0.05, 0.1) is 39.0 Å². The van der Waals surface area contributed by atoms with E-state index in [1.165, 1.54) is 7.11 Å². The summed E-state index contributed by atoms with van der Waals surface area (Å²) in [6.45, 7) is 8.47. The van der Waals surface area contributed by atoms with Crippen molar-refractivity contribution in [2.24, 2.45) is 4.99 Å². The standard InChI is InChI=1S/C18H29ClN6O4/c1-4-5-7-29-18-22-16(20)15(21-2)17(23-18)25(12-19)10-13-9-24(6-8-28-13)11-14(26)27-3/h13H,2,4-12H2,1,3H3,(H2,20,22,23). The SMILES string of the molecule is C=Nc1c(N)nc(OCCCC)nc1N(CCl)CC1CN(CC(=O)OC)CCO1. The van der Waals surface area contributed by atoms with Crippen LogP contribution in [0.15, 0.2) is 4.99 Å². The number of alkyl halides is 1. The van der Waals surface area contributed by atoms with Crippen LogP contribution in [-0.4, -0.2) is 86.2 Å². The zero-order chi connectivity index (χ0) is 21.2. The van der Waals surface area contributed by atoms with Crippen molar-refractivity contribution in [2.45, 2.75) is 25.9 Å². The van der Waals surface area contributed by atoms with Crippen LogP contribution in [0.25, 0.3) is 0 Å². The second kappa shape index (κ2) is 11.7. The molecule has 0 amide bonds. The van der Waals surface area contributed by atoms with Crippen LogP contribution in [0.1, 0.15) is 19.8 Å². The van der Waals surface area contributed by atoms with Crippen molar-refractivity contribution in [2.75, 3.05) is 63.1 Å². The molecule has 11 heteroatoms. The Balaban J connectivity index is 2.14. The summed E-state index contributed by atoms with van der Waals surface area (Å²) in [5, 5.41) is 0. The topological polar surface area (TPSA) is 115 Å². The lowest BCUT2D eigenvalue weighted by atomic mass is 10.2. The van der Waals surface area contributed by atoms with E-state index in [4.69, 9.17) is 31.5 Å². The number of morpholine rings is 1. The molecule has 0 saturated carbocycles. The predicted octanol–water partition coefficient (Wildman–Crippen LogP) is 1.45. The molecule has 162 valence electrons. The van der Waals surface area contributed by atoms with Crippen molar-refractivity contribution >= 4 is 41.6 Å². The molecule has 1 aromatic rings. The number of carbonyl (C=O) groups excluding carboxylic acids is 1. The smallest absolute Gasteiger partial charge is 0.320 e. The number of nitrogens with two attached hydrogens (primary N) is 1. The highest BCUT2D eigenvalue weighted by atomic mass is 35.5. The first-order valence-electron chi connectivity index (χ1n) is 9.51. The zero-order valence-electron chi connectivity index (χ0n) is 17.0. The first kappa shape index (κ1) is 23.1. The van der Waals surface area contributed by atoms with Crippen molar-refractivity contribution in [3.05, 3.63) is 0 Å². The monoisotopic (exact) mass is 428 g/mol. The summed E-state index contributed by atoms with van der Waals surface area (Å²) in [7, 11) is 1.37. The molecule has 0 aliphatic carbocycles. The van der Waals surface area contributed by atoms with E-state index in [2.05, 4.69) is 28.6 Å². The van der Waals surface area contributed by atoms with Crippen LogP contribution in [-0.2, 0) is 14.3 Å². The predicted molar refractivity (Wildman–Crippen MR) is 112 cm³/mol. The Bertz CT molecular complexity index is 693. The fourth-order valence-electron chi connectivity index (χ4n) is 2.90. The van der Waals surface area contributed by atoms with Crippen molar-refractivity contribution in [1.29, 1.82) is 0 Å². The van der Waals surface area contributed by atoms with E-state index in [9.17, 15) is 4.79 Å². The second-order valence-corrected chi connectivity index (χ2v) is 6.81. The molecule has 1 atom stereocenters. The normalized spacial score (nSPS) is 17.0. The van der Waals surface area contributed by atoms with E-state index in [0.717, 1.165) is 12.8 Å². The third-order valence-electron chi connectivity index (χ3n) is 4.43. The zero-order valence-corrected chi connectivity index (χ0v) is 17.7. The van der Waals surface area contributed by atoms with E-state index < -0.39 is 0 Å². The number of carbonyl (C=O) groups is 1. The molecule has 29 heavy (non-hydrogen) atoms. The Kier molecular flexibility index (Phi) is 9.36. The first-order chi connectivity index (χ1) is 14.0. The molecule has 10 nitrogen and oxygen atoms in total. The minimum Gasteiger partial charge on any atom is -0.468 e. The fraction of sp³-hybridized carbons (Fsp3) is 0.667. The number of halogens is 1. The number of methoxy groups -OCH3 is 1. The lowest BCUT2D eigenvalue weighted by molar-refractivity contribution is -0.143. The van der Waals surface area contributed by atoms with E-state index >= 15 is 0 Å². The van der Waals surface area contributed by atoms with Gasteiger partial charge in [0.2, 0.25) is 0 Å². The molecule has 1 unspecified atom stereocenters. The van der Waals surface area contributed by atoms with Crippen LogP contribution in [0.5, 0.6) is 6.01 Å². The van der Waals surface area contributed by atoms with Gasteiger partial charge in [0.15, 0.2) is 11.6 Å². The van der Waals surface area contributed by atoms with Gasteiger partial charge in [0.1, 0.15) is 5.69 Å². The van der Waals surface area contributed by atoms with E-state index in [1.807, 2.05) is 4.90 Å². The van der Waals surface area contributed by atoms with Gasteiger partial charge in [-0.3, -0.25) is 14.7 Å². The Morgan fingerprint density at radius 2 is 2.31 bits per heavy atom. The molecule has 0 radical (unpaired) electrons. The number of ether oxygens (including phenoxy) is 3. The number of hydrogen-bond donors (Lipinski definition) is 1. The molecule has 1 saturated heterocycles. The molecular formula is C18H29ClN6O4. The first-order valence-corrected chi connectivity index (χ1v) is 10.0. The van der Waals surface area contributed by atoms with Crippen LogP contribution in [0, 0.1) is 0 Å². The van der Waals surface area contributed by atoms with Gasteiger partial charge in [0.25, 0.3) is 0 Å². The van der Waals surface area contributed by atoms with Crippen molar-refractivity contribution in [3.8, 4) is 6.01 Å². The van der Waals surface area contributed by atoms with Gasteiger partial charge in [-0.05, 0) is 13.1 Å². The lowest BCUT2D eigenvalue weighted by Crippen LogP contribution is -2.49. The summed E-state index contributed by atoms with van der Waals surface area (Å²) < 4.78 is 16.2. The highest BCUT2D eigenvalue weighted by molar-refractivity contribution is 6.19. The largest absolute Gasteiger partial charge is 0.468 e. The molecule has 0 spiro atoms. The van der Waals surface area contributed by atoms with Crippen LogP contribution < -0.4 is 15.4 Å². The lowest BCUT2D eigenvalue weighted by Gasteiger charge is -2.35. The fourth-order valence-corrected chi connectivity index (χ4v) is 3.11. The van der Waals surface area contributed by atoms with E-state index in [0.29, 0.717) is 44.4 Å². The third-order valence-corrected chi connectivity index (χ3v) is 4.72. The third kappa shape index (κ3) is 6.69. The molecule has 1 aromatic heterocycles. The molecule has 2 rings (SSSR count). The molecule has 2 heterocycles. The molecule has 1 aliphatic heterocycles. The van der Waals surface area contributed by atoms with Crippen LogP contribution in [0.4, 0.5) is 17.3 Å². The Morgan fingerprint density at radius 1 is 1.52 bits per heavy atom. The highest BCUT2D eigenvalue weighted by Gasteiger charge is 2.26. The number of unbranched alkanes of at least 4 members (excludes halogenated alkanes) is 1. The van der Waals surface area contributed by atoms with Gasteiger partial charge in [-0.2, -0.15) is 9.97 Å². The van der Waals surface area contributed by atoms with Gasteiger partial charge in [-0.25, -0.2) is 0 Å². The molecule has 1 aliphatic rings. The second-order valence-electron chi connectivity index (χ2n) is 6.57. The molecule has 2 N–H and O–H groups in total. The maximum Gasteiger partial charge on any atom is 0.320 e. The summed E-state index contributed by atoms with van der Waals surface area (Å²) in [5.41, 5.74) is 6.37. The van der Waals surface area contributed by atoms with E-state index in [1.54, 1.807) is 4.90 Å². The number of aliphatic imine (C=N–C) groups is 1. The van der Waals surface area contributed by atoms with Gasteiger partial charge in [-0.15, -0.1) is 11.6 Å². The summed E-state index contributed by atoms with van der Waals surface area (Å²) in [6.07, 6.45) is 1.68. The van der Waals surface area contributed by atoms with Crippen LogP contribution in [0.3, 0.4) is 0 Å². The van der Waals surface area contributed by atoms with Crippen LogP contribution >= 0.6 is 11.6 Å². The molecular weight excluding hydrogens is 400 g/mol. The Hall–Kier alpha value is -2.17. The number of anilines is 2. The number of esters is 1. The number of hydrogen-bond acceptors (Lipinski definition) is 10. The number of rotatable bonds is 11. The number of nitrogen functional groups attached to an aromatic ring is 1. The van der Waals surface area contributed by atoms with E-state index in [-0.39, 0.29) is 36.5 Å². The van der Waals surface area contributed by atoms with Gasteiger partial charge < -0.3 is 24.8 Å². The maximum atomic E-state index is 11.6. The summed E-state index contributed by atoms with van der Waals surface area (Å²) in [5.74, 6) is 0.321. The Labute approximate surface area is 176 Å². The number of nitrogens with zero attached hydrogens (tertiary/aromatic N) is 5. The number of aromatic nitrogens is 2. The highest BCUT2D eigenvalue weighted by Crippen LogP contribution is 2.33. The summed E-state index contributed by atoms with van der Waals surface area (Å²) in [4.78, 5) is 27.9.